The lowest BCUT2D eigenvalue weighted by molar-refractivity contribution is 0.144. The predicted octanol–water partition coefficient (Wildman–Crippen LogP) is 4.11. The van der Waals surface area contributed by atoms with E-state index in [0.29, 0.717) is 5.75 Å². The summed E-state index contributed by atoms with van der Waals surface area (Å²) in [5.74, 6) is 1.16. The molecule has 0 amide bonds. The monoisotopic (exact) mass is 443 g/mol. The van der Waals surface area contributed by atoms with E-state index in [1.54, 1.807) is 13.2 Å². The van der Waals surface area contributed by atoms with Crippen molar-refractivity contribution < 1.29 is 9.84 Å². The molecule has 148 valence electrons. The third-order valence-electron chi connectivity index (χ3n) is 5.79. The second kappa shape index (κ2) is 7.85. The maximum atomic E-state index is 10.5. The number of aromatic hydroxyl groups is 1. The summed E-state index contributed by atoms with van der Waals surface area (Å²) in [7, 11) is 3.83. The van der Waals surface area contributed by atoms with Gasteiger partial charge in [-0.25, -0.2) is 0 Å². The van der Waals surface area contributed by atoms with Crippen molar-refractivity contribution >= 4 is 21.6 Å². The maximum Gasteiger partial charge on any atom is 0.120 e. The Morgan fingerprint density at radius 1 is 1.18 bits per heavy atom. The molecule has 28 heavy (non-hydrogen) atoms. The van der Waals surface area contributed by atoms with Crippen molar-refractivity contribution in [1.82, 2.24) is 10.2 Å². The molecule has 1 spiro atoms. The number of benzene rings is 2. The van der Waals surface area contributed by atoms with Gasteiger partial charge in [0.15, 0.2) is 0 Å². The van der Waals surface area contributed by atoms with Crippen LogP contribution in [0.3, 0.4) is 0 Å². The van der Waals surface area contributed by atoms with Gasteiger partial charge in [-0.3, -0.25) is 10.3 Å². The summed E-state index contributed by atoms with van der Waals surface area (Å²) in [6.07, 6.45) is 2.64. The Morgan fingerprint density at radius 2 is 1.89 bits per heavy atom. The third-order valence-corrected chi connectivity index (χ3v) is 6.29. The summed E-state index contributed by atoms with van der Waals surface area (Å²) >= 11 is 3.54. The van der Waals surface area contributed by atoms with Gasteiger partial charge < -0.3 is 14.7 Å². The highest BCUT2D eigenvalue weighted by Gasteiger charge is 2.40. The summed E-state index contributed by atoms with van der Waals surface area (Å²) in [5.41, 5.74) is 2.81. The number of likely N-dealkylation sites (tertiary alicyclic amines) is 1. The average molecular weight is 444 g/mol. The largest absolute Gasteiger partial charge is 0.508 e. The Balaban J connectivity index is 1.73. The minimum atomic E-state index is -0.292. The van der Waals surface area contributed by atoms with E-state index < -0.39 is 0 Å². The van der Waals surface area contributed by atoms with Gasteiger partial charge in [-0.2, -0.15) is 0 Å². The zero-order chi connectivity index (χ0) is 19.7. The Kier molecular flexibility index (Phi) is 5.45. The van der Waals surface area contributed by atoms with E-state index in [1.165, 1.54) is 0 Å². The lowest BCUT2D eigenvalue weighted by Gasteiger charge is -2.44. The van der Waals surface area contributed by atoms with Gasteiger partial charge in [-0.15, -0.1) is 0 Å². The fourth-order valence-electron chi connectivity index (χ4n) is 4.11. The van der Waals surface area contributed by atoms with Crippen LogP contribution < -0.4 is 10.1 Å². The predicted molar refractivity (Wildman–Crippen MR) is 115 cm³/mol. The number of nitrogens with zero attached hydrogens (tertiary/aromatic N) is 2. The molecule has 2 aromatic carbocycles. The molecule has 1 unspecified atom stereocenters. The van der Waals surface area contributed by atoms with Gasteiger partial charge in [-0.05, 0) is 67.9 Å². The molecule has 6 heteroatoms. The van der Waals surface area contributed by atoms with Crippen LogP contribution in [0.25, 0.3) is 0 Å². The van der Waals surface area contributed by atoms with Crippen molar-refractivity contribution in [3.63, 3.8) is 0 Å². The van der Waals surface area contributed by atoms with Crippen LogP contribution in [0.2, 0.25) is 0 Å². The molecule has 5 nitrogen and oxygen atoms in total. The molecular formula is C22H26BrN3O2. The standard InChI is InChI=1S/C22H26BrN3O2/c1-26-11-9-22(10-12-26)24-19(15-3-6-17(28-2)7-4-15)14-20(25-22)18-13-16(23)5-8-21(18)27/h3-8,13,20,25,27H,9-12,14H2,1-2H3. The molecule has 2 aromatic rings. The molecule has 0 aromatic heterocycles. The molecule has 0 radical (unpaired) electrons. The number of nitrogens with one attached hydrogen (secondary N) is 1. The van der Waals surface area contributed by atoms with E-state index in [0.717, 1.165) is 59.4 Å². The molecule has 1 fully saturated rings. The van der Waals surface area contributed by atoms with Gasteiger partial charge >= 0.3 is 0 Å². The summed E-state index contributed by atoms with van der Waals surface area (Å²) < 4.78 is 6.27. The van der Waals surface area contributed by atoms with E-state index in [4.69, 9.17) is 9.73 Å². The number of phenolic OH excluding ortho intramolecular Hbond substituents is 1. The molecule has 1 atom stereocenters. The lowest BCUT2D eigenvalue weighted by atomic mass is 9.87. The van der Waals surface area contributed by atoms with Gasteiger partial charge in [0.25, 0.3) is 0 Å². The maximum absolute atomic E-state index is 10.5. The van der Waals surface area contributed by atoms with Crippen molar-refractivity contribution in [3.8, 4) is 11.5 Å². The molecule has 2 heterocycles. The summed E-state index contributed by atoms with van der Waals surface area (Å²) in [4.78, 5) is 7.55. The van der Waals surface area contributed by atoms with Gasteiger partial charge in [0, 0.05) is 41.3 Å². The number of hydrogen-bond acceptors (Lipinski definition) is 5. The second-order valence-electron chi connectivity index (χ2n) is 7.73. The first kappa shape index (κ1) is 19.4. The van der Waals surface area contributed by atoms with Crippen LogP contribution >= 0.6 is 15.9 Å². The van der Waals surface area contributed by atoms with Gasteiger partial charge in [0.1, 0.15) is 17.2 Å². The molecule has 0 saturated carbocycles. The Morgan fingerprint density at radius 3 is 2.57 bits per heavy atom. The van der Waals surface area contributed by atoms with E-state index in [9.17, 15) is 5.11 Å². The van der Waals surface area contributed by atoms with Crippen molar-refractivity contribution in [3.05, 3.63) is 58.1 Å². The highest BCUT2D eigenvalue weighted by molar-refractivity contribution is 9.10. The highest BCUT2D eigenvalue weighted by atomic mass is 79.9. The third kappa shape index (κ3) is 3.95. The fraction of sp³-hybridized carbons (Fsp3) is 0.409. The Labute approximate surface area is 174 Å². The first-order valence-corrected chi connectivity index (χ1v) is 10.5. The van der Waals surface area contributed by atoms with Crippen LogP contribution in [0.15, 0.2) is 51.9 Å². The minimum Gasteiger partial charge on any atom is -0.508 e. The average Bonchev–Trinajstić information content (AvgIpc) is 2.72. The van der Waals surface area contributed by atoms with E-state index in [1.807, 2.05) is 24.3 Å². The van der Waals surface area contributed by atoms with Crippen molar-refractivity contribution in [2.45, 2.75) is 31.0 Å². The number of halogens is 1. The first-order chi connectivity index (χ1) is 13.5. The molecule has 1 saturated heterocycles. The van der Waals surface area contributed by atoms with Gasteiger partial charge in [-0.1, -0.05) is 15.9 Å². The van der Waals surface area contributed by atoms with Gasteiger partial charge in [0.2, 0.25) is 0 Å². The van der Waals surface area contributed by atoms with Crippen LogP contribution in [-0.2, 0) is 0 Å². The second-order valence-corrected chi connectivity index (χ2v) is 8.64. The SMILES string of the molecule is COc1ccc(C2=NC3(CCN(C)CC3)NC(c3cc(Br)ccc3O)C2)cc1. The van der Waals surface area contributed by atoms with E-state index in [2.05, 4.69) is 45.3 Å². The van der Waals surface area contributed by atoms with Crippen LogP contribution in [0, 0.1) is 0 Å². The highest BCUT2D eigenvalue weighted by Crippen LogP contribution is 2.38. The zero-order valence-corrected chi connectivity index (χ0v) is 17.9. The van der Waals surface area contributed by atoms with Crippen LogP contribution in [0.1, 0.15) is 36.4 Å². The number of hydrogen-bond donors (Lipinski definition) is 2. The minimum absolute atomic E-state index is 0.00973. The molecule has 2 N–H and O–H groups in total. The Hall–Kier alpha value is -1.89. The smallest absolute Gasteiger partial charge is 0.120 e. The fourth-order valence-corrected chi connectivity index (χ4v) is 4.49. The number of piperidine rings is 1. The summed E-state index contributed by atoms with van der Waals surface area (Å²) in [6, 6.07) is 13.7. The van der Waals surface area contributed by atoms with E-state index >= 15 is 0 Å². The van der Waals surface area contributed by atoms with Crippen molar-refractivity contribution in [2.75, 3.05) is 27.2 Å². The molecular weight excluding hydrogens is 418 g/mol. The summed E-state index contributed by atoms with van der Waals surface area (Å²) in [5, 5.41) is 14.3. The van der Waals surface area contributed by atoms with Crippen molar-refractivity contribution in [2.24, 2.45) is 4.99 Å². The number of rotatable bonds is 3. The number of phenols is 1. The van der Waals surface area contributed by atoms with Crippen LogP contribution in [-0.4, -0.2) is 48.6 Å². The van der Waals surface area contributed by atoms with E-state index in [-0.39, 0.29) is 11.7 Å². The molecule has 2 aliphatic rings. The number of methoxy groups -OCH3 is 1. The molecule has 2 aliphatic heterocycles. The Bertz CT molecular complexity index is 874. The molecule has 0 bridgehead atoms. The topological polar surface area (TPSA) is 57.1 Å². The summed E-state index contributed by atoms with van der Waals surface area (Å²) in [6.45, 7) is 2.01. The quantitative estimate of drug-likeness (QED) is 0.749. The molecule has 4 rings (SSSR count). The molecule has 0 aliphatic carbocycles. The first-order valence-electron chi connectivity index (χ1n) is 9.66. The normalized spacial score (nSPS) is 22.1. The van der Waals surface area contributed by atoms with Crippen molar-refractivity contribution in [1.29, 1.82) is 0 Å². The number of aliphatic imine (C=N–C) groups is 1. The van der Waals surface area contributed by atoms with Gasteiger partial charge in [0.05, 0.1) is 7.11 Å². The van der Waals surface area contributed by atoms with Crippen LogP contribution in [0.4, 0.5) is 0 Å². The number of ether oxygens (including phenoxy) is 1. The van der Waals surface area contributed by atoms with Crippen LogP contribution in [0.5, 0.6) is 11.5 Å². The lowest BCUT2D eigenvalue weighted by Crippen LogP contribution is -2.55. The zero-order valence-electron chi connectivity index (χ0n) is 16.3.